The number of carboxylic acids is 1. The Morgan fingerprint density at radius 2 is 1.77 bits per heavy atom. The van der Waals surface area contributed by atoms with Gasteiger partial charge >= 0.3 is 5.97 Å². The molecule has 1 N–H and O–H groups in total. The summed E-state index contributed by atoms with van der Waals surface area (Å²) in [5.41, 5.74) is 4.69. The van der Waals surface area contributed by atoms with Crippen LogP contribution in [0.4, 0.5) is 0 Å². The first-order valence-electron chi connectivity index (χ1n) is 7.48. The van der Waals surface area contributed by atoms with E-state index in [9.17, 15) is 4.79 Å². The number of aromatic nitrogens is 3. The van der Waals surface area contributed by atoms with Crippen LogP contribution < -0.4 is 0 Å². The van der Waals surface area contributed by atoms with Gasteiger partial charge in [-0.15, -0.1) is 47.2 Å². The molecule has 0 spiro atoms. The van der Waals surface area contributed by atoms with Crippen molar-refractivity contribution in [2.24, 2.45) is 0 Å². The fourth-order valence-electron chi connectivity index (χ4n) is 2.21. The van der Waals surface area contributed by atoms with Gasteiger partial charge in [0.25, 0.3) is 0 Å². The normalized spacial score (nSPS) is 9.73. The van der Waals surface area contributed by atoms with Crippen LogP contribution in [0.1, 0.15) is 15.5 Å². The van der Waals surface area contributed by atoms with Crippen molar-refractivity contribution in [3.63, 3.8) is 0 Å². The topological polar surface area (TPSA) is 76.0 Å². The van der Waals surface area contributed by atoms with Gasteiger partial charge in [0, 0.05) is 43.1 Å². The van der Waals surface area contributed by atoms with E-state index >= 15 is 0 Å². The van der Waals surface area contributed by atoms with Gasteiger partial charge in [0.1, 0.15) is 0 Å². The van der Waals surface area contributed by atoms with E-state index < -0.39 is 5.97 Å². The number of carboxylic acid groups (broad SMARTS) is 1. The van der Waals surface area contributed by atoms with Crippen molar-refractivity contribution in [1.29, 1.82) is 0 Å². The monoisotopic (exact) mass is 541 g/mol. The fraction of sp³-hybridized carbons (Fsp3) is 0.0526. The van der Waals surface area contributed by atoms with Gasteiger partial charge in [0.2, 0.25) is 5.01 Å². The zero-order valence-electron chi connectivity index (χ0n) is 13.7. The van der Waals surface area contributed by atoms with Gasteiger partial charge in [0.05, 0.1) is 11.0 Å². The molecule has 0 fully saturated rings. The fourth-order valence-corrected chi connectivity index (χ4v) is 2.69. The van der Waals surface area contributed by atoms with E-state index in [0.717, 1.165) is 39.3 Å². The minimum atomic E-state index is -0.958. The maximum absolute atomic E-state index is 10.0. The summed E-state index contributed by atoms with van der Waals surface area (Å²) in [6.07, 6.45) is 1.47. The number of hydrogen-bond acceptors (Lipinski definition) is 5. The van der Waals surface area contributed by atoms with Crippen molar-refractivity contribution in [2.75, 3.05) is 0 Å². The molecule has 2 aromatic carbocycles. The van der Waals surface area contributed by atoms with Crippen LogP contribution in [-0.4, -0.2) is 26.0 Å². The number of nitrogens with zero attached hydrogens (tertiary/aromatic N) is 3. The molecular formula is C19H14IrN3O2S-. The molecular weight excluding hydrogens is 527 g/mol. The molecule has 26 heavy (non-hydrogen) atoms. The number of hydrogen-bond donors (Lipinski definition) is 1. The molecule has 2 aromatic heterocycles. The van der Waals surface area contributed by atoms with E-state index in [4.69, 9.17) is 5.11 Å². The minimum Gasteiger partial charge on any atom is -0.476 e. The summed E-state index contributed by atoms with van der Waals surface area (Å²) in [5, 5.41) is 9.99. The number of aromatic carboxylic acids is 1. The van der Waals surface area contributed by atoms with Crippen molar-refractivity contribution < 1.29 is 30.0 Å². The minimum absolute atomic E-state index is 0. The number of para-hydroxylation sites is 2. The van der Waals surface area contributed by atoms with Gasteiger partial charge in [-0.3, -0.25) is 9.97 Å². The van der Waals surface area contributed by atoms with Crippen molar-refractivity contribution in [3.8, 4) is 11.3 Å². The summed E-state index contributed by atoms with van der Waals surface area (Å²) in [6.45, 7) is 1.98. The average Bonchev–Trinajstić information content (AvgIpc) is 3.17. The van der Waals surface area contributed by atoms with Crippen LogP contribution in [0.25, 0.3) is 22.3 Å². The van der Waals surface area contributed by atoms with E-state index in [1.807, 2.05) is 55.5 Å². The van der Waals surface area contributed by atoms with E-state index in [1.165, 1.54) is 6.20 Å². The zero-order valence-corrected chi connectivity index (χ0v) is 16.9. The second-order valence-corrected chi connectivity index (χ2v) is 5.96. The molecule has 0 unspecified atom stereocenters. The molecule has 0 aliphatic carbocycles. The van der Waals surface area contributed by atoms with Crippen LogP contribution in [0.2, 0.25) is 0 Å². The molecule has 0 atom stereocenters. The number of rotatable bonds is 2. The van der Waals surface area contributed by atoms with Crippen LogP contribution >= 0.6 is 11.3 Å². The number of carbonyl (C=O) groups is 1. The van der Waals surface area contributed by atoms with E-state index in [1.54, 1.807) is 5.38 Å². The van der Waals surface area contributed by atoms with Crippen LogP contribution in [0.5, 0.6) is 0 Å². The molecule has 0 bridgehead atoms. The second kappa shape index (κ2) is 9.29. The van der Waals surface area contributed by atoms with Gasteiger partial charge in [-0.2, -0.15) is 0 Å². The predicted octanol–water partition coefficient (Wildman–Crippen LogP) is 4.24. The van der Waals surface area contributed by atoms with Crippen molar-refractivity contribution in [1.82, 2.24) is 15.0 Å². The Morgan fingerprint density at radius 3 is 2.31 bits per heavy atom. The molecule has 4 aromatic rings. The van der Waals surface area contributed by atoms with Crippen LogP contribution in [0.3, 0.4) is 0 Å². The number of aryl methyl sites for hydroxylation is 1. The Labute approximate surface area is 168 Å². The number of fused-ring (bicyclic) bond motifs is 1. The van der Waals surface area contributed by atoms with E-state index in [-0.39, 0.29) is 25.1 Å². The maximum atomic E-state index is 10.0. The van der Waals surface area contributed by atoms with Crippen LogP contribution in [0, 0.1) is 13.0 Å². The van der Waals surface area contributed by atoms with E-state index in [2.05, 4.69) is 21.0 Å². The third-order valence-corrected chi connectivity index (χ3v) is 4.09. The second-order valence-electron chi connectivity index (χ2n) is 5.06. The Hall–Kier alpha value is -2.47. The molecule has 0 saturated heterocycles. The van der Waals surface area contributed by atoms with Crippen molar-refractivity contribution in [3.05, 3.63) is 76.9 Å². The van der Waals surface area contributed by atoms with Gasteiger partial charge < -0.3 is 5.11 Å². The first kappa shape index (κ1) is 19.8. The molecule has 133 valence electrons. The maximum Gasteiger partial charge on any atom is 0.364 e. The molecule has 0 aliphatic heterocycles. The smallest absolute Gasteiger partial charge is 0.364 e. The summed E-state index contributed by atoms with van der Waals surface area (Å²) < 4.78 is 0. The van der Waals surface area contributed by atoms with Crippen molar-refractivity contribution in [2.45, 2.75) is 6.92 Å². The largest absolute Gasteiger partial charge is 0.476 e. The quantitative estimate of drug-likeness (QED) is 0.385. The SMILES string of the molecule is Cc1nc2ccccc2nc1-c1[c-]cccc1.O=C(O)c1nccs1.[Ir]. The predicted molar refractivity (Wildman–Crippen MR) is 97.6 cm³/mol. The third-order valence-electron chi connectivity index (χ3n) is 3.32. The van der Waals surface area contributed by atoms with Gasteiger partial charge in [-0.25, -0.2) is 9.78 Å². The van der Waals surface area contributed by atoms with Gasteiger partial charge in [0.15, 0.2) is 0 Å². The van der Waals surface area contributed by atoms with Gasteiger partial charge in [-0.1, -0.05) is 12.1 Å². The molecule has 0 saturated carbocycles. The Balaban J connectivity index is 0.000000230. The molecule has 1 radical (unpaired) electrons. The van der Waals surface area contributed by atoms with Crippen LogP contribution in [-0.2, 0) is 20.1 Å². The molecule has 5 nitrogen and oxygen atoms in total. The third kappa shape index (κ3) is 4.79. The Bertz CT molecular complexity index is 992. The summed E-state index contributed by atoms with van der Waals surface area (Å²) in [6, 6.07) is 18.9. The number of benzene rings is 2. The van der Waals surface area contributed by atoms with E-state index in [0.29, 0.717) is 0 Å². The van der Waals surface area contributed by atoms with Crippen LogP contribution in [0.15, 0.2) is 60.1 Å². The summed E-state index contributed by atoms with van der Waals surface area (Å²) in [5.74, 6) is -0.958. The first-order valence-corrected chi connectivity index (χ1v) is 8.36. The molecule has 7 heteroatoms. The standard InChI is InChI=1S/C15H11N2.C4H3NO2S.Ir/c1-11-15(12-7-3-2-4-8-12)17-14-10-6-5-9-13(14)16-11;6-4(7)3-5-1-2-8-3;/h2-7,9-10H,1H3;1-2H,(H,6,7);/q-1;;. The molecule has 0 amide bonds. The summed E-state index contributed by atoms with van der Waals surface area (Å²) in [4.78, 5) is 22.8. The molecule has 0 aliphatic rings. The molecule has 2 heterocycles. The summed E-state index contributed by atoms with van der Waals surface area (Å²) in [7, 11) is 0. The first-order chi connectivity index (χ1) is 12.1. The summed E-state index contributed by atoms with van der Waals surface area (Å²) >= 11 is 1.12. The number of thiazole rings is 1. The Kier molecular flexibility index (Phi) is 7.09. The average molecular weight is 541 g/mol. The van der Waals surface area contributed by atoms with Gasteiger partial charge in [-0.05, 0) is 19.1 Å². The Morgan fingerprint density at radius 1 is 1.08 bits per heavy atom. The van der Waals surface area contributed by atoms with Crippen molar-refractivity contribution >= 4 is 28.3 Å². The zero-order chi connectivity index (χ0) is 17.6. The molecule has 4 rings (SSSR count).